The largest absolute Gasteiger partial charge is 0.508 e. The predicted molar refractivity (Wildman–Crippen MR) is 159 cm³/mol. The Labute approximate surface area is 256 Å². The van der Waals surface area contributed by atoms with Gasteiger partial charge < -0.3 is 5.11 Å². The maximum absolute atomic E-state index is 14.2. The highest BCUT2D eigenvalue weighted by molar-refractivity contribution is 7.89. The molecule has 2 amide bonds. The summed E-state index contributed by atoms with van der Waals surface area (Å²) in [5.41, 5.74) is -0.407. The first-order valence-corrected chi connectivity index (χ1v) is 14.9. The normalized spacial score (nSPS) is 14.9. The number of aryl methyl sites for hydroxylation is 1. The van der Waals surface area contributed by atoms with Gasteiger partial charge in [0, 0.05) is 17.7 Å². The Kier molecular flexibility index (Phi) is 8.30. The summed E-state index contributed by atoms with van der Waals surface area (Å²) in [6.45, 7) is 1.78. The number of carbonyl (C=O) groups is 2. The van der Waals surface area contributed by atoms with E-state index in [4.69, 9.17) is 0 Å². The molecule has 0 saturated carbocycles. The van der Waals surface area contributed by atoms with Gasteiger partial charge in [-0.3, -0.25) is 29.8 Å². The van der Waals surface area contributed by atoms with Gasteiger partial charge in [0.25, 0.3) is 23.2 Å². The number of phenols is 1. The van der Waals surface area contributed by atoms with Crippen LogP contribution in [0.25, 0.3) is 0 Å². The molecule has 230 valence electrons. The quantitative estimate of drug-likeness (QED) is 0.148. The van der Waals surface area contributed by atoms with Crippen molar-refractivity contribution in [1.82, 2.24) is 14.7 Å². The van der Waals surface area contributed by atoms with Gasteiger partial charge in [0.05, 0.1) is 26.4 Å². The maximum atomic E-state index is 14.2. The van der Waals surface area contributed by atoms with Crippen LogP contribution in [-0.4, -0.2) is 51.2 Å². The zero-order valence-electron chi connectivity index (χ0n) is 23.5. The Hall–Kier alpha value is -5.67. The van der Waals surface area contributed by atoms with Crippen molar-refractivity contribution in [2.24, 2.45) is 0 Å². The number of sulfonamides is 1. The first kappa shape index (κ1) is 30.8. The smallest absolute Gasteiger partial charge is 0.277 e. The molecule has 1 aliphatic heterocycles. The Balaban J connectivity index is 1.56. The lowest BCUT2D eigenvalue weighted by Gasteiger charge is -2.19. The summed E-state index contributed by atoms with van der Waals surface area (Å²) in [6.07, 6.45) is -1.38. The van der Waals surface area contributed by atoms with E-state index in [0.29, 0.717) is 11.6 Å². The third-order valence-corrected chi connectivity index (χ3v) is 8.56. The van der Waals surface area contributed by atoms with E-state index in [1.165, 1.54) is 30.3 Å². The lowest BCUT2D eigenvalue weighted by molar-refractivity contribution is -0.394. The molecular weight excluding hydrogens is 606 g/mol. The molecule has 14 nitrogen and oxygen atoms in total. The molecule has 4 aromatic rings. The number of phenolic OH excluding ortho intramolecular Hbond substituents is 1. The van der Waals surface area contributed by atoms with E-state index in [9.17, 15) is 43.3 Å². The molecule has 0 aliphatic carbocycles. The number of nitrogens with zero attached hydrogens (tertiary/aromatic N) is 4. The van der Waals surface area contributed by atoms with E-state index in [0.717, 1.165) is 27.7 Å². The van der Waals surface area contributed by atoms with Gasteiger partial charge in [-0.15, -0.1) is 0 Å². The fourth-order valence-electron chi connectivity index (χ4n) is 4.80. The molecule has 45 heavy (non-hydrogen) atoms. The molecule has 4 aromatic carbocycles. The number of rotatable bonds is 10. The molecule has 0 aromatic heterocycles. The molecule has 1 saturated heterocycles. The molecule has 1 fully saturated rings. The standard InChI is InChI=1S/C30H25N5O9S/c1-19-11-13-24(14-12-19)45(43,44)31-26(15-20-7-3-2-4-8-20)30(38)33-28(25-9-5-6-10-27(25)36)32(33)29(37)21-16-22(34(39)40)18-23(17-21)35(41)42/h2-14,16-18,26,28,31,36H,15H2,1H3/t26-,28-,32?,33?/m0/s1. The lowest BCUT2D eigenvalue weighted by Crippen LogP contribution is -2.46. The van der Waals surface area contributed by atoms with Gasteiger partial charge in [0.2, 0.25) is 10.0 Å². The number of nitrogens with one attached hydrogen (secondary N) is 1. The molecule has 5 rings (SSSR count). The molecule has 2 N–H and O–H groups in total. The number of benzene rings is 4. The number of hydrogen-bond donors (Lipinski definition) is 2. The van der Waals surface area contributed by atoms with Crippen molar-refractivity contribution in [1.29, 1.82) is 0 Å². The average molecular weight is 632 g/mol. The van der Waals surface area contributed by atoms with Crippen LogP contribution in [0.3, 0.4) is 0 Å². The van der Waals surface area contributed by atoms with Crippen LogP contribution in [0.1, 0.15) is 33.2 Å². The molecule has 0 bridgehead atoms. The van der Waals surface area contributed by atoms with Crippen LogP contribution < -0.4 is 4.72 Å². The van der Waals surface area contributed by atoms with Crippen LogP contribution in [0, 0.1) is 27.2 Å². The predicted octanol–water partition coefficient (Wildman–Crippen LogP) is 4.01. The van der Waals surface area contributed by atoms with Crippen LogP contribution in [-0.2, 0) is 21.2 Å². The minimum absolute atomic E-state index is 0.0963. The lowest BCUT2D eigenvalue weighted by atomic mass is 10.1. The van der Waals surface area contributed by atoms with E-state index < -0.39 is 60.8 Å². The maximum Gasteiger partial charge on any atom is 0.277 e. The topological polar surface area (TPSA) is 193 Å². The monoisotopic (exact) mass is 631 g/mol. The number of nitro benzene ring substituents is 2. The van der Waals surface area contributed by atoms with Gasteiger partial charge in [0.1, 0.15) is 11.8 Å². The Morgan fingerprint density at radius 3 is 2.02 bits per heavy atom. The van der Waals surface area contributed by atoms with Crippen molar-refractivity contribution in [3.8, 4) is 5.75 Å². The first-order chi connectivity index (χ1) is 21.4. The zero-order valence-corrected chi connectivity index (χ0v) is 24.3. The van der Waals surface area contributed by atoms with Gasteiger partial charge in [0.15, 0.2) is 6.17 Å². The van der Waals surface area contributed by atoms with E-state index >= 15 is 0 Å². The Morgan fingerprint density at radius 2 is 1.44 bits per heavy atom. The van der Waals surface area contributed by atoms with Crippen LogP contribution in [0.15, 0.2) is 102 Å². The summed E-state index contributed by atoms with van der Waals surface area (Å²) in [4.78, 5) is 49.0. The summed E-state index contributed by atoms with van der Waals surface area (Å²) in [5.74, 6) is -2.19. The Morgan fingerprint density at radius 1 is 0.867 bits per heavy atom. The molecule has 1 aliphatic rings. The van der Waals surface area contributed by atoms with Gasteiger partial charge in [-0.25, -0.2) is 18.4 Å². The van der Waals surface area contributed by atoms with Crippen LogP contribution in [0.2, 0.25) is 0 Å². The third kappa shape index (κ3) is 6.48. The molecule has 0 spiro atoms. The summed E-state index contributed by atoms with van der Waals surface area (Å²) in [5, 5.41) is 35.3. The minimum atomic E-state index is -4.26. The van der Waals surface area contributed by atoms with Crippen molar-refractivity contribution in [2.75, 3.05) is 0 Å². The van der Waals surface area contributed by atoms with E-state index in [1.54, 1.807) is 55.5 Å². The number of non-ortho nitro benzene ring substituents is 2. The van der Waals surface area contributed by atoms with Gasteiger partial charge in [-0.05, 0) is 37.1 Å². The SMILES string of the molecule is Cc1ccc(S(=O)(=O)N[C@@H](Cc2ccccc2)C(=O)N2[C@@H](c3ccccc3O)N2C(=O)c2cc([N+](=O)[O-])cc([N+](=O)[O-])c2)cc1. The second-order valence-electron chi connectivity index (χ2n) is 10.2. The average Bonchev–Trinajstić information content (AvgIpc) is 3.75. The fourth-order valence-corrected chi connectivity index (χ4v) is 5.99. The van der Waals surface area contributed by atoms with Gasteiger partial charge in [-0.2, -0.15) is 4.72 Å². The van der Waals surface area contributed by atoms with Crippen molar-refractivity contribution >= 4 is 33.2 Å². The first-order valence-electron chi connectivity index (χ1n) is 13.4. The van der Waals surface area contributed by atoms with Crippen molar-refractivity contribution in [3.63, 3.8) is 0 Å². The molecule has 15 heteroatoms. The van der Waals surface area contributed by atoms with Gasteiger partial charge in [-0.1, -0.05) is 66.2 Å². The molecule has 0 radical (unpaired) electrons. The van der Waals surface area contributed by atoms with Crippen molar-refractivity contribution in [3.05, 3.63) is 140 Å². The molecule has 1 heterocycles. The summed E-state index contributed by atoms with van der Waals surface area (Å²) in [7, 11) is -4.26. The highest BCUT2D eigenvalue weighted by Crippen LogP contribution is 2.46. The molecule has 0 unspecified atom stereocenters. The highest BCUT2D eigenvalue weighted by atomic mass is 32.2. The van der Waals surface area contributed by atoms with Crippen LogP contribution >= 0.6 is 0 Å². The second kappa shape index (κ2) is 12.1. The Bertz CT molecular complexity index is 1890. The van der Waals surface area contributed by atoms with Crippen molar-refractivity contribution in [2.45, 2.75) is 30.4 Å². The number of amides is 2. The van der Waals surface area contributed by atoms with E-state index in [1.807, 2.05) is 0 Å². The van der Waals surface area contributed by atoms with E-state index in [-0.39, 0.29) is 22.6 Å². The zero-order chi connectivity index (χ0) is 32.5. The number of hydrogen-bond acceptors (Lipinski definition) is 9. The highest BCUT2D eigenvalue weighted by Gasteiger charge is 2.56. The number of hydrazine groups is 1. The van der Waals surface area contributed by atoms with Crippen molar-refractivity contribution < 1.29 is 33.0 Å². The second-order valence-corrected chi connectivity index (χ2v) is 11.9. The number of nitro groups is 2. The van der Waals surface area contributed by atoms with Crippen LogP contribution in [0.5, 0.6) is 5.75 Å². The fraction of sp³-hybridized carbons (Fsp3) is 0.133. The summed E-state index contributed by atoms with van der Waals surface area (Å²) in [6, 6.07) is 21.2. The third-order valence-electron chi connectivity index (χ3n) is 7.07. The summed E-state index contributed by atoms with van der Waals surface area (Å²) < 4.78 is 29.2. The number of carbonyl (C=O) groups excluding carboxylic acids is 2. The summed E-state index contributed by atoms with van der Waals surface area (Å²) >= 11 is 0. The number of aromatic hydroxyl groups is 1. The molecule has 2 atom stereocenters. The minimum Gasteiger partial charge on any atom is -0.508 e. The van der Waals surface area contributed by atoms with E-state index in [2.05, 4.69) is 4.72 Å². The molecular formula is C30H25N5O9S. The number of para-hydroxylation sites is 1. The van der Waals surface area contributed by atoms with Gasteiger partial charge >= 0.3 is 0 Å². The van der Waals surface area contributed by atoms with Crippen LogP contribution in [0.4, 0.5) is 11.4 Å².